The molecule has 0 N–H and O–H groups in total. The van der Waals surface area contributed by atoms with Gasteiger partial charge >= 0.3 is 12.1 Å². The van der Waals surface area contributed by atoms with Crippen LogP contribution in [0.2, 0.25) is 0 Å². The first kappa shape index (κ1) is 20.9. The number of para-hydroxylation sites is 2. The predicted molar refractivity (Wildman–Crippen MR) is 110 cm³/mol. The molecule has 0 amide bonds. The van der Waals surface area contributed by atoms with E-state index in [1.165, 1.54) is 6.92 Å². The van der Waals surface area contributed by atoms with Gasteiger partial charge in [-0.3, -0.25) is 0 Å². The van der Waals surface area contributed by atoms with Gasteiger partial charge in [-0.2, -0.15) is 0 Å². The Balaban J connectivity index is 1.79. The third kappa shape index (κ3) is 5.17. The molecule has 6 heteroatoms. The van der Waals surface area contributed by atoms with Crippen molar-refractivity contribution < 1.29 is 28.5 Å². The summed E-state index contributed by atoms with van der Waals surface area (Å²) in [5.41, 5.74) is -1.26. The molecular formula is C24H22O6. The van der Waals surface area contributed by atoms with Crippen LogP contribution in [0.25, 0.3) is 0 Å². The molecule has 0 heterocycles. The molecule has 0 aromatic heterocycles. The lowest BCUT2D eigenvalue weighted by atomic mass is 9.95. The van der Waals surface area contributed by atoms with Gasteiger partial charge in [0.2, 0.25) is 5.60 Å². The topological polar surface area (TPSA) is 71.1 Å². The van der Waals surface area contributed by atoms with Crippen molar-refractivity contribution in [2.75, 3.05) is 6.61 Å². The van der Waals surface area contributed by atoms with Crippen LogP contribution in [0.4, 0.5) is 4.79 Å². The minimum atomic E-state index is -1.69. The number of esters is 1. The molecule has 3 aromatic carbocycles. The highest BCUT2D eigenvalue weighted by Crippen LogP contribution is 2.31. The van der Waals surface area contributed by atoms with Crippen molar-refractivity contribution in [1.82, 2.24) is 0 Å². The highest BCUT2D eigenvalue weighted by atomic mass is 16.7. The van der Waals surface area contributed by atoms with Gasteiger partial charge in [0.1, 0.15) is 17.2 Å². The summed E-state index contributed by atoms with van der Waals surface area (Å²) in [6.07, 6.45) is -1.01. The summed E-state index contributed by atoms with van der Waals surface area (Å²) in [6, 6.07) is 24.4. The molecule has 0 aliphatic heterocycles. The lowest BCUT2D eigenvalue weighted by Crippen LogP contribution is -2.40. The van der Waals surface area contributed by atoms with Crippen LogP contribution in [0.3, 0.4) is 0 Å². The molecule has 0 bridgehead atoms. The molecule has 30 heavy (non-hydrogen) atoms. The van der Waals surface area contributed by atoms with Crippen molar-refractivity contribution in [3.05, 3.63) is 90.5 Å². The zero-order valence-electron chi connectivity index (χ0n) is 16.7. The standard InChI is InChI=1S/C24H22O6/c1-3-27-22(25)24(2,30-23(26)29-20-12-8-5-9-13-20)18-14-16-21(17-15-18)28-19-10-6-4-7-11-19/h4-17H,3H2,1-2H3. The fourth-order valence-corrected chi connectivity index (χ4v) is 2.73. The molecule has 0 aliphatic carbocycles. The Morgan fingerprint density at radius 1 is 0.767 bits per heavy atom. The molecule has 1 atom stereocenters. The Hall–Kier alpha value is -3.80. The van der Waals surface area contributed by atoms with Gasteiger partial charge in [-0.15, -0.1) is 0 Å². The zero-order chi connectivity index (χ0) is 21.4. The van der Waals surface area contributed by atoms with Crippen molar-refractivity contribution in [3.63, 3.8) is 0 Å². The Morgan fingerprint density at radius 3 is 1.87 bits per heavy atom. The molecule has 0 saturated carbocycles. The van der Waals surface area contributed by atoms with E-state index in [2.05, 4.69) is 0 Å². The van der Waals surface area contributed by atoms with Crippen molar-refractivity contribution in [2.45, 2.75) is 19.4 Å². The number of rotatable bonds is 7. The van der Waals surface area contributed by atoms with Crippen LogP contribution in [0, 0.1) is 0 Å². The Bertz CT molecular complexity index is 970. The average molecular weight is 406 g/mol. The zero-order valence-corrected chi connectivity index (χ0v) is 16.7. The first-order chi connectivity index (χ1) is 14.5. The SMILES string of the molecule is CCOC(=O)C(C)(OC(=O)Oc1ccccc1)c1ccc(Oc2ccccc2)cc1. The largest absolute Gasteiger partial charge is 0.515 e. The van der Waals surface area contributed by atoms with Gasteiger partial charge in [-0.1, -0.05) is 48.5 Å². The first-order valence-corrected chi connectivity index (χ1v) is 9.48. The third-order valence-corrected chi connectivity index (χ3v) is 4.28. The molecule has 6 nitrogen and oxygen atoms in total. The first-order valence-electron chi connectivity index (χ1n) is 9.48. The Kier molecular flexibility index (Phi) is 6.70. The predicted octanol–water partition coefficient (Wildman–Crippen LogP) is 5.47. The molecule has 1 unspecified atom stereocenters. The second-order valence-electron chi connectivity index (χ2n) is 6.46. The second kappa shape index (κ2) is 9.60. The molecule has 3 rings (SSSR count). The monoisotopic (exact) mass is 406 g/mol. The number of hydrogen-bond donors (Lipinski definition) is 0. The molecule has 0 radical (unpaired) electrons. The van der Waals surface area contributed by atoms with E-state index in [-0.39, 0.29) is 6.61 Å². The molecule has 0 spiro atoms. The summed E-state index contributed by atoms with van der Waals surface area (Å²) < 4.78 is 21.5. The van der Waals surface area contributed by atoms with Gasteiger partial charge in [0.15, 0.2) is 0 Å². The molecule has 0 aliphatic rings. The summed E-state index contributed by atoms with van der Waals surface area (Å²) in [6.45, 7) is 3.28. The normalized spacial score (nSPS) is 12.3. The lowest BCUT2D eigenvalue weighted by Gasteiger charge is -2.27. The van der Waals surface area contributed by atoms with Crippen LogP contribution < -0.4 is 9.47 Å². The summed E-state index contributed by atoms with van der Waals surface area (Å²) >= 11 is 0. The molecule has 0 fully saturated rings. The van der Waals surface area contributed by atoms with Crippen molar-refractivity contribution in [3.8, 4) is 17.2 Å². The summed E-state index contributed by atoms with van der Waals surface area (Å²) in [7, 11) is 0. The quantitative estimate of drug-likeness (QED) is 0.383. The average Bonchev–Trinajstić information content (AvgIpc) is 2.75. The van der Waals surface area contributed by atoms with Crippen molar-refractivity contribution in [1.29, 1.82) is 0 Å². The van der Waals surface area contributed by atoms with Crippen LogP contribution >= 0.6 is 0 Å². The third-order valence-electron chi connectivity index (χ3n) is 4.28. The summed E-state index contributed by atoms with van der Waals surface area (Å²) in [4.78, 5) is 25.0. The van der Waals surface area contributed by atoms with Crippen molar-refractivity contribution >= 4 is 12.1 Å². The molecule has 0 saturated heterocycles. The number of ether oxygens (including phenoxy) is 4. The Labute approximate surface area is 175 Å². The van der Waals surface area contributed by atoms with E-state index in [0.29, 0.717) is 22.8 Å². The van der Waals surface area contributed by atoms with E-state index in [4.69, 9.17) is 18.9 Å². The van der Waals surface area contributed by atoms with Gasteiger partial charge in [-0.25, -0.2) is 9.59 Å². The van der Waals surface area contributed by atoms with E-state index in [1.54, 1.807) is 61.5 Å². The second-order valence-corrected chi connectivity index (χ2v) is 6.46. The fraction of sp³-hybridized carbons (Fsp3) is 0.167. The van der Waals surface area contributed by atoms with Crippen LogP contribution in [-0.2, 0) is 19.9 Å². The fourth-order valence-electron chi connectivity index (χ4n) is 2.73. The van der Waals surface area contributed by atoms with Gasteiger partial charge in [0.25, 0.3) is 0 Å². The number of hydrogen-bond acceptors (Lipinski definition) is 6. The molecule has 3 aromatic rings. The highest BCUT2D eigenvalue weighted by Gasteiger charge is 2.42. The van der Waals surface area contributed by atoms with Gasteiger partial charge in [0.05, 0.1) is 6.61 Å². The maximum Gasteiger partial charge on any atom is 0.515 e. The smallest absolute Gasteiger partial charge is 0.463 e. The van der Waals surface area contributed by atoms with Crippen LogP contribution in [0.1, 0.15) is 19.4 Å². The van der Waals surface area contributed by atoms with E-state index in [0.717, 1.165) is 0 Å². The van der Waals surface area contributed by atoms with E-state index < -0.39 is 17.7 Å². The van der Waals surface area contributed by atoms with Crippen LogP contribution in [0.5, 0.6) is 17.2 Å². The van der Waals surface area contributed by atoms with E-state index in [9.17, 15) is 9.59 Å². The minimum Gasteiger partial charge on any atom is -0.463 e. The van der Waals surface area contributed by atoms with Crippen LogP contribution in [0.15, 0.2) is 84.9 Å². The Morgan fingerprint density at radius 2 is 1.30 bits per heavy atom. The highest BCUT2D eigenvalue weighted by molar-refractivity contribution is 5.83. The van der Waals surface area contributed by atoms with Crippen molar-refractivity contribution in [2.24, 2.45) is 0 Å². The number of benzene rings is 3. The number of carbonyl (C=O) groups excluding carboxylic acids is 2. The number of carbonyl (C=O) groups is 2. The minimum absolute atomic E-state index is 0.140. The van der Waals surface area contributed by atoms with Gasteiger partial charge in [-0.05, 0) is 50.2 Å². The molecular weight excluding hydrogens is 384 g/mol. The van der Waals surface area contributed by atoms with Gasteiger partial charge in [0, 0.05) is 5.56 Å². The van der Waals surface area contributed by atoms with Gasteiger partial charge < -0.3 is 18.9 Å². The van der Waals surface area contributed by atoms with E-state index in [1.807, 2.05) is 30.3 Å². The van der Waals surface area contributed by atoms with E-state index >= 15 is 0 Å². The maximum atomic E-state index is 12.6. The maximum absolute atomic E-state index is 12.6. The lowest BCUT2D eigenvalue weighted by molar-refractivity contribution is -0.166. The molecule has 154 valence electrons. The summed E-state index contributed by atoms with van der Waals surface area (Å²) in [5.74, 6) is 0.858. The van der Waals surface area contributed by atoms with Crippen LogP contribution in [-0.4, -0.2) is 18.7 Å². The summed E-state index contributed by atoms with van der Waals surface area (Å²) in [5, 5.41) is 0.